The van der Waals surface area contributed by atoms with Crippen molar-refractivity contribution >= 4 is 40.3 Å². The first kappa shape index (κ1) is 12.1. The van der Waals surface area contributed by atoms with Gasteiger partial charge in [-0.2, -0.15) is 4.98 Å². The topological polar surface area (TPSA) is 80.8 Å². The highest BCUT2D eigenvalue weighted by atomic mass is 35.5. The van der Waals surface area contributed by atoms with E-state index >= 15 is 0 Å². The van der Waals surface area contributed by atoms with Crippen LogP contribution in [0.1, 0.15) is 12.7 Å². The van der Waals surface area contributed by atoms with E-state index in [1.54, 1.807) is 6.92 Å². The van der Waals surface area contributed by atoms with Crippen molar-refractivity contribution in [3.8, 4) is 0 Å². The van der Waals surface area contributed by atoms with Crippen LogP contribution in [0, 0.1) is 0 Å². The highest BCUT2D eigenvalue weighted by molar-refractivity contribution is 6.35. The van der Waals surface area contributed by atoms with Crippen LogP contribution in [-0.2, 0) is 16.0 Å². The van der Waals surface area contributed by atoms with Crippen LogP contribution in [0.15, 0.2) is 0 Å². The van der Waals surface area contributed by atoms with Crippen LogP contribution in [-0.4, -0.2) is 32.5 Å². The fraction of sp³-hybridized carbons (Fsp3) is 0.333. The average Bonchev–Trinajstić information content (AvgIpc) is 2.60. The number of halogens is 2. The van der Waals surface area contributed by atoms with E-state index in [2.05, 4.69) is 19.9 Å². The number of carbonyl (C=O) groups excluding carboxylic acids is 1. The molecule has 0 radical (unpaired) electrons. The number of hydrogen-bond acceptors (Lipinski definition) is 5. The van der Waals surface area contributed by atoms with Crippen molar-refractivity contribution in [3.05, 3.63) is 16.3 Å². The van der Waals surface area contributed by atoms with Gasteiger partial charge in [0.05, 0.1) is 6.61 Å². The lowest BCUT2D eigenvalue weighted by molar-refractivity contribution is -0.142. The molecule has 6 nitrogen and oxygen atoms in total. The van der Waals surface area contributed by atoms with E-state index in [0.717, 1.165) is 0 Å². The Balaban J connectivity index is 2.32. The summed E-state index contributed by atoms with van der Waals surface area (Å²) in [5.74, 6) is 0.0404. The third-order valence-corrected chi connectivity index (χ3v) is 2.39. The molecule has 0 bridgehead atoms. The molecule has 0 unspecified atom stereocenters. The first-order valence-electron chi connectivity index (χ1n) is 4.83. The molecule has 0 aromatic carbocycles. The number of imidazole rings is 1. The maximum Gasteiger partial charge on any atom is 0.313 e. The van der Waals surface area contributed by atoms with E-state index in [-0.39, 0.29) is 22.8 Å². The summed E-state index contributed by atoms with van der Waals surface area (Å²) in [7, 11) is 0. The van der Waals surface area contributed by atoms with Gasteiger partial charge in [-0.15, -0.1) is 0 Å². The summed E-state index contributed by atoms with van der Waals surface area (Å²) in [6, 6.07) is 0. The molecule has 90 valence electrons. The van der Waals surface area contributed by atoms with Gasteiger partial charge in [0.2, 0.25) is 5.28 Å². The van der Waals surface area contributed by atoms with E-state index < -0.39 is 0 Å². The molecule has 0 saturated heterocycles. The second-order valence-electron chi connectivity index (χ2n) is 3.15. The van der Waals surface area contributed by atoms with Crippen LogP contribution in [0.3, 0.4) is 0 Å². The lowest BCUT2D eigenvalue weighted by atomic mass is 10.4. The molecule has 0 amide bonds. The van der Waals surface area contributed by atoms with Crippen LogP contribution >= 0.6 is 23.2 Å². The quantitative estimate of drug-likeness (QED) is 0.524. The molecule has 0 spiro atoms. The Bertz CT molecular complexity index is 569. The summed E-state index contributed by atoms with van der Waals surface area (Å²) >= 11 is 11.5. The predicted molar refractivity (Wildman–Crippen MR) is 62.0 cm³/mol. The monoisotopic (exact) mass is 274 g/mol. The van der Waals surface area contributed by atoms with Crippen LogP contribution in [0.5, 0.6) is 0 Å². The standard InChI is InChI=1S/C9H8Cl2N4O2/c1-2-17-5(16)3-4-12-6-7(10)14-9(11)15-8(6)13-4/h2-3H2,1H3,(H,12,13,14,15). The second-order valence-corrected chi connectivity index (χ2v) is 3.84. The molecule has 0 fully saturated rings. The number of aromatic amines is 1. The zero-order valence-corrected chi connectivity index (χ0v) is 10.3. The molecule has 1 N–H and O–H groups in total. The number of hydrogen-bond donors (Lipinski definition) is 1. The third kappa shape index (κ3) is 2.65. The Morgan fingerprint density at radius 1 is 1.35 bits per heavy atom. The summed E-state index contributed by atoms with van der Waals surface area (Å²) < 4.78 is 4.80. The first-order chi connectivity index (χ1) is 8.10. The maximum absolute atomic E-state index is 11.3. The van der Waals surface area contributed by atoms with E-state index in [9.17, 15) is 4.79 Å². The Morgan fingerprint density at radius 3 is 2.82 bits per heavy atom. The molecule has 17 heavy (non-hydrogen) atoms. The van der Waals surface area contributed by atoms with E-state index in [4.69, 9.17) is 27.9 Å². The molecule has 0 aliphatic heterocycles. The largest absolute Gasteiger partial charge is 0.466 e. The zero-order chi connectivity index (χ0) is 12.4. The third-order valence-electron chi connectivity index (χ3n) is 1.95. The van der Waals surface area contributed by atoms with Gasteiger partial charge in [0, 0.05) is 0 Å². The highest BCUT2D eigenvalue weighted by Crippen LogP contribution is 2.19. The lowest BCUT2D eigenvalue weighted by Gasteiger charge is -1.97. The molecule has 0 aliphatic carbocycles. The number of esters is 1. The lowest BCUT2D eigenvalue weighted by Crippen LogP contribution is -2.08. The minimum absolute atomic E-state index is 0.0108. The van der Waals surface area contributed by atoms with Gasteiger partial charge in [-0.25, -0.2) is 9.97 Å². The molecule has 2 rings (SSSR count). The summed E-state index contributed by atoms with van der Waals surface area (Å²) in [6.45, 7) is 2.06. The van der Waals surface area contributed by atoms with Gasteiger partial charge >= 0.3 is 5.97 Å². The summed E-state index contributed by atoms with van der Waals surface area (Å²) in [5.41, 5.74) is 0.782. The van der Waals surface area contributed by atoms with Crippen molar-refractivity contribution < 1.29 is 9.53 Å². The Labute approximate surface area is 106 Å². The van der Waals surface area contributed by atoms with Crippen LogP contribution in [0.2, 0.25) is 10.4 Å². The Kier molecular flexibility index (Phi) is 3.44. The number of rotatable bonds is 3. The van der Waals surface area contributed by atoms with E-state index in [1.165, 1.54) is 0 Å². The van der Waals surface area contributed by atoms with Gasteiger partial charge < -0.3 is 9.72 Å². The molecular formula is C9H8Cl2N4O2. The number of nitrogens with zero attached hydrogens (tertiary/aromatic N) is 3. The molecular weight excluding hydrogens is 267 g/mol. The number of fused-ring (bicyclic) bond motifs is 1. The SMILES string of the molecule is CCOC(=O)Cc1nc2nc(Cl)nc(Cl)c2[nH]1. The minimum atomic E-state index is -0.373. The van der Waals surface area contributed by atoms with Gasteiger partial charge in [0.1, 0.15) is 17.8 Å². The molecule has 2 heterocycles. The molecule has 2 aromatic heterocycles. The minimum Gasteiger partial charge on any atom is -0.466 e. The Hall–Kier alpha value is -1.40. The Morgan fingerprint density at radius 2 is 2.12 bits per heavy atom. The zero-order valence-electron chi connectivity index (χ0n) is 8.83. The van der Waals surface area contributed by atoms with Crippen molar-refractivity contribution in [2.24, 2.45) is 0 Å². The molecule has 2 aromatic rings. The van der Waals surface area contributed by atoms with Gasteiger partial charge in [0.25, 0.3) is 0 Å². The predicted octanol–water partition coefficient (Wildman–Crippen LogP) is 1.77. The number of carbonyl (C=O) groups is 1. The van der Waals surface area contributed by atoms with Crippen LogP contribution < -0.4 is 0 Å². The van der Waals surface area contributed by atoms with E-state index in [0.29, 0.717) is 23.6 Å². The highest BCUT2D eigenvalue weighted by Gasteiger charge is 2.13. The van der Waals surface area contributed by atoms with Gasteiger partial charge in [-0.3, -0.25) is 4.79 Å². The van der Waals surface area contributed by atoms with Gasteiger partial charge in [0.15, 0.2) is 10.8 Å². The summed E-state index contributed by atoms with van der Waals surface area (Å²) in [4.78, 5) is 25.8. The van der Waals surface area contributed by atoms with Gasteiger partial charge in [-0.05, 0) is 18.5 Å². The molecule has 0 atom stereocenters. The molecule has 8 heteroatoms. The summed E-state index contributed by atoms with van der Waals surface area (Å²) in [5, 5.41) is 0.180. The smallest absolute Gasteiger partial charge is 0.313 e. The number of nitrogens with one attached hydrogen (secondary N) is 1. The number of aromatic nitrogens is 4. The summed E-state index contributed by atoms with van der Waals surface area (Å²) in [6.07, 6.45) is 0.0259. The average molecular weight is 275 g/mol. The van der Waals surface area contributed by atoms with Crippen molar-refractivity contribution in [3.63, 3.8) is 0 Å². The number of H-pyrrole nitrogens is 1. The van der Waals surface area contributed by atoms with Crippen molar-refractivity contribution in [2.45, 2.75) is 13.3 Å². The fourth-order valence-electron chi connectivity index (χ4n) is 1.32. The van der Waals surface area contributed by atoms with Crippen LogP contribution in [0.4, 0.5) is 0 Å². The van der Waals surface area contributed by atoms with Gasteiger partial charge in [-0.1, -0.05) is 11.6 Å². The fourth-order valence-corrected chi connectivity index (χ4v) is 1.74. The second kappa shape index (κ2) is 4.85. The number of ether oxygens (including phenoxy) is 1. The molecule has 0 aliphatic rings. The van der Waals surface area contributed by atoms with Crippen molar-refractivity contribution in [1.82, 2.24) is 19.9 Å². The normalized spacial score (nSPS) is 10.8. The van der Waals surface area contributed by atoms with Crippen LogP contribution in [0.25, 0.3) is 11.2 Å². The van der Waals surface area contributed by atoms with Crippen molar-refractivity contribution in [1.29, 1.82) is 0 Å². The van der Waals surface area contributed by atoms with Crippen molar-refractivity contribution in [2.75, 3.05) is 6.61 Å². The van der Waals surface area contributed by atoms with E-state index in [1.807, 2.05) is 0 Å². The maximum atomic E-state index is 11.3. The first-order valence-corrected chi connectivity index (χ1v) is 5.59. The molecule has 0 saturated carbocycles.